The van der Waals surface area contributed by atoms with Gasteiger partial charge in [0.05, 0.1) is 5.56 Å². The van der Waals surface area contributed by atoms with E-state index in [-0.39, 0.29) is 5.56 Å². The molecule has 2 heterocycles. The smallest absolute Gasteiger partial charge is 0.371 e. The van der Waals surface area contributed by atoms with Crippen LogP contribution in [0, 0.1) is 0 Å². The average Bonchev–Trinajstić information content (AvgIpc) is 3.21. The number of rotatable bonds is 3. The van der Waals surface area contributed by atoms with Gasteiger partial charge < -0.3 is 12.6 Å². The third-order valence-electron chi connectivity index (χ3n) is 5.25. The summed E-state index contributed by atoms with van der Waals surface area (Å²) in [5.41, 5.74) is 3.37. The van der Waals surface area contributed by atoms with Crippen LogP contribution in [0.1, 0.15) is 0 Å². The molecule has 4 nitrogen and oxygen atoms in total. The summed E-state index contributed by atoms with van der Waals surface area (Å²) >= 11 is 5.91. The number of benzene rings is 3. The van der Waals surface area contributed by atoms with E-state index in [1.807, 2.05) is 88.0 Å². The van der Waals surface area contributed by atoms with Gasteiger partial charge in [0.2, 0.25) is 0 Å². The standard InChI is InChI=1S/C24H19N3OS/c28-22-21(18-10-4-1-5-11-18)23(29)27(20-14-8-3-9-15-20)24-25(16-17-26(22)24)19-12-6-2-7-13-19/h1-15H,16-17H2. The number of fused-ring (bicyclic) bond motifs is 1. The highest BCUT2D eigenvalue weighted by Crippen LogP contribution is 2.29. The van der Waals surface area contributed by atoms with Gasteiger partial charge in [0.15, 0.2) is 0 Å². The lowest BCUT2D eigenvalue weighted by Crippen LogP contribution is -2.45. The largest absolute Gasteiger partial charge is 0.744 e. The molecule has 1 aliphatic rings. The summed E-state index contributed by atoms with van der Waals surface area (Å²) in [7, 11) is 0. The van der Waals surface area contributed by atoms with Gasteiger partial charge in [-0.2, -0.15) is 4.57 Å². The number of nitrogens with zero attached hydrogens (tertiary/aromatic N) is 3. The molecule has 29 heavy (non-hydrogen) atoms. The first-order chi connectivity index (χ1) is 14.3. The molecule has 0 bridgehead atoms. The monoisotopic (exact) mass is 397 g/mol. The number of hydrogen-bond acceptors (Lipinski definition) is 3. The van der Waals surface area contributed by atoms with Gasteiger partial charge in [-0.25, -0.2) is 9.47 Å². The van der Waals surface area contributed by atoms with Crippen molar-refractivity contribution in [3.05, 3.63) is 101 Å². The Balaban J connectivity index is 1.85. The number of anilines is 2. The molecular weight excluding hydrogens is 378 g/mol. The van der Waals surface area contributed by atoms with Crippen LogP contribution in [0.3, 0.4) is 0 Å². The first-order valence-corrected chi connectivity index (χ1v) is 10.00. The molecule has 5 rings (SSSR count). The number of para-hydroxylation sites is 2. The van der Waals surface area contributed by atoms with Gasteiger partial charge in [-0.3, -0.25) is 4.79 Å². The maximum absolute atomic E-state index is 13.5. The van der Waals surface area contributed by atoms with Crippen molar-refractivity contribution in [2.75, 3.05) is 11.4 Å². The van der Waals surface area contributed by atoms with Crippen molar-refractivity contribution in [2.24, 2.45) is 0 Å². The lowest BCUT2D eigenvalue weighted by atomic mass is 10.1. The predicted octanol–water partition coefficient (Wildman–Crippen LogP) is 3.85. The van der Waals surface area contributed by atoms with Crippen molar-refractivity contribution in [3.8, 4) is 16.8 Å². The number of hydrogen-bond donors (Lipinski definition) is 0. The van der Waals surface area contributed by atoms with Crippen LogP contribution in [0.2, 0.25) is 0 Å². The summed E-state index contributed by atoms with van der Waals surface area (Å²) in [5, 5.41) is 0.529. The molecule has 0 spiro atoms. The summed E-state index contributed by atoms with van der Waals surface area (Å²) in [6.07, 6.45) is 0. The van der Waals surface area contributed by atoms with Crippen molar-refractivity contribution in [2.45, 2.75) is 11.6 Å². The zero-order valence-corrected chi connectivity index (χ0v) is 16.5. The summed E-state index contributed by atoms with van der Waals surface area (Å²) in [6, 6.07) is 29.8. The Morgan fingerprint density at radius 2 is 1.34 bits per heavy atom. The molecule has 0 radical (unpaired) electrons. The molecule has 0 aliphatic carbocycles. The van der Waals surface area contributed by atoms with Crippen molar-refractivity contribution < 1.29 is 4.57 Å². The number of aromatic nitrogens is 2. The molecular formula is C24H19N3OS. The van der Waals surface area contributed by atoms with Gasteiger partial charge in [-0.15, -0.1) is 0 Å². The maximum Gasteiger partial charge on any atom is 0.371 e. The minimum atomic E-state index is -0.0400. The first-order valence-electron chi connectivity index (χ1n) is 9.59. The molecule has 0 saturated heterocycles. The molecule has 0 atom stereocenters. The van der Waals surface area contributed by atoms with Gasteiger partial charge in [-0.05, 0) is 34.9 Å². The van der Waals surface area contributed by atoms with Crippen molar-refractivity contribution in [3.63, 3.8) is 0 Å². The Morgan fingerprint density at radius 3 is 2.00 bits per heavy atom. The highest BCUT2D eigenvalue weighted by atomic mass is 32.1. The molecule has 0 saturated carbocycles. The van der Waals surface area contributed by atoms with E-state index < -0.39 is 0 Å². The normalized spacial score (nSPS) is 12.8. The molecule has 0 unspecified atom stereocenters. The van der Waals surface area contributed by atoms with Gasteiger partial charge in [-0.1, -0.05) is 66.7 Å². The van der Waals surface area contributed by atoms with Crippen LogP contribution < -0.4 is 15.0 Å². The van der Waals surface area contributed by atoms with Gasteiger partial charge in [0, 0.05) is 0 Å². The van der Waals surface area contributed by atoms with Gasteiger partial charge in [0.25, 0.3) is 0 Å². The summed E-state index contributed by atoms with van der Waals surface area (Å²) in [5.74, 6) is 0.803. The summed E-state index contributed by atoms with van der Waals surface area (Å²) in [4.78, 5) is 15.7. The van der Waals surface area contributed by atoms with Crippen LogP contribution in [0.25, 0.3) is 16.8 Å². The summed E-state index contributed by atoms with van der Waals surface area (Å²) in [6.45, 7) is 1.34. The quantitative estimate of drug-likeness (QED) is 0.299. The van der Waals surface area contributed by atoms with Crippen molar-refractivity contribution in [1.82, 2.24) is 4.57 Å². The van der Waals surface area contributed by atoms with Crippen LogP contribution in [-0.2, 0) is 19.2 Å². The lowest BCUT2D eigenvalue weighted by molar-refractivity contribution is -0.625. The Hall–Kier alpha value is -3.44. The molecule has 4 aromatic rings. The lowest BCUT2D eigenvalue weighted by Gasteiger charge is -2.23. The van der Waals surface area contributed by atoms with Gasteiger partial charge in [0.1, 0.15) is 24.5 Å². The molecule has 0 fully saturated rings. The van der Waals surface area contributed by atoms with E-state index >= 15 is 0 Å². The van der Waals surface area contributed by atoms with E-state index in [0.717, 1.165) is 29.4 Å². The second-order valence-electron chi connectivity index (χ2n) is 6.96. The zero-order chi connectivity index (χ0) is 19.8. The Bertz CT molecular complexity index is 1220. The second-order valence-corrected chi connectivity index (χ2v) is 7.35. The minimum Gasteiger partial charge on any atom is -0.744 e. The molecule has 5 heteroatoms. The fraction of sp³-hybridized carbons (Fsp3) is 0.0833. The Kier molecular flexibility index (Phi) is 4.37. The molecule has 0 N–H and O–H groups in total. The first kappa shape index (κ1) is 17.6. The third-order valence-corrected chi connectivity index (χ3v) is 5.64. The average molecular weight is 398 g/mol. The van der Waals surface area contributed by atoms with Crippen LogP contribution in [-0.4, -0.2) is 11.1 Å². The fourth-order valence-electron chi connectivity index (χ4n) is 3.92. The van der Waals surface area contributed by atoms with E-state index in [0.29, 0.717) is 17.1 Å². The van der Waals surface area contributed by atoms with E-state index in [1.54, 1.807) is 0 Å². The second kappa shape index (κ2) is 7.18. The Labute approximate surface area is 174 Å². The van der Waals surface area contributed by atoms with Crippen LogP contribution >= 0.6 is 0 Å². The van der Waals surface area contributed by atoms with E-state index in [4.69, 9.17) is 12.6 Å². The highest BCUT2D eigenvalue weighted by molar-refractivity contribution is 7.58. The predicted molar refractivity (Wildman–Crippen MR) is 117 cm³/mol. The van der Waals surface area contributed by atoms with E-state index in [9.17, 15) is 4.79 Å². The molecule has 1 aliphatic heterocycles. The topological polar surface area (TPSA) is 29.1 Å². The van der Waals surface area contributed by atoms with Crippen LogP contribution in [0.4, 0.5) is 11.6 Å². The van der Waals surface area contributed by atoms with Gasteiger partial charge >= 0.3 is 11.5 Å². The third kappa shape index (κ3) is 2.91. The molecule has 3 aromatic carbocycles. The van der Waals surface area contributed by atoms with E-state index in [1.165, 1.54) is 0 Å². The van der Waals surface area contributed by atoms with Crippen molar-refractivity contribution in [1.29, 1.82) is 0 Å². The molecule has 142 valence electrons. The van der Waals surface area contributed by atoms with Crippen LogP contribution in [0.5, 0.6) is 0 Å². The highest BCUT2D eigenvalue weighted by Gasteiger charge is 2.35. The Morgan fingerprint density at radius 1 is 0.759 bits per heavy atom. The van der Waals surface area contributed by atoms with E-state index in [2.05, 4.69) is 17.0 Å². The zero-order valence-electron chi connectivity index (χ0n) is 15.7. The van der Waals surface area contributed by atoms with Crippen molar-refractivity contribution >= 4 is 24.3 Å². The minimum absolute atomic E-state index is 0.0400. The summed E-state index contributed by atoms with van der Waals surface area (Å²) < 4.78 is 3.87. The maximum atomic E-state index is 13.5. The SMILES string of the molecule is O=c1c(-c2ccccc2)c([S-])[n+](-c2ccccc2)c2n1CCN2c1ccccc1. The van der Waals surface area contributed by atoms with Crippen LogP contribution in [0.15, 0.2) is 101 Å². The molecule has 0 amide bonds. The fourth-order valence-corrected chi connectivity index (χ4v) is 4.31. The molecule has 1 aromatic heterocycles.